The first-order valence-electron chi connectivity index (χ1n) is 3.65. The van der Waals surface area contributed by atoms with Gasteiger partial charge in [0.25, 0.3) is 0 Å². The molecule has 0 aliphatic carbocycles. The second kappa shape index (κ2) is 14.5. The smallest absolute Gasteiger partial charge is 0.231 e. The fraction of sp³-hybridized carbons (Fsp3) is 0.667. The van der Waals surface area contributed by atoms with Crippen LogP contribution in [-0.4, -0.2) is 35.7 Å². The summed E-state index contributed by atoms with van der Waals surface area (Å²) in [6.45, 7) is 1.99. The molecular weight excluding hydrogens is 224 g/mol. The third kappa shape index (κ3) is 69.8. The van der Waals surface area contributed by atoms with Gasteiger partial charge in [-0.05, 0) is 6.42 Å². The number of unbranched alkanes of at least 4 members (excludes halogenated alkanes) is 1. The fourth-order valence-electron chi connectivity index (χ4n) is 0.407. The van der Waals surface area contributed by atoms with E-state index >= 15 is 0 Å². The minimum absolute atomic E-state index is 0.315. The zero-order valence-electron chi connectivity index (χ0n) is 8.16. The van der Waals surface area contributed by atoms with Crippen molar-refractivity contribution in [1.82, 2.24) is 0 Å². The number of rotatable bonds is 3. The van der Waals surface area contributed by atoms with Crippen molar-refractivity contribution in [2.45, 2.75) is 19.8 Å². The monoisotopic (exact) mass is 238 g/mol. The van der Waals surface area contributed by atoms with Gasteiger partial charge in [0.15, 0.2) is 0 Å². The maximum atomic E-state index is 10.5. The van der Waals surface area contributed by atoms with Crippen molar-refractivity contribution in [2.24, 2.45) is 0 Å². The van der Waals surface area contributed by atoms with Crippen molar-refractivity contribution < 1.29 is 18.0 Å². The normalized spacial score (nSPS) is 8.07. The van der Waals surface area contributed by atoms with E-state index in [-0.39, 0.29) is 0 Å². The zero-order valence-corrected chi connectivity index (χ0v) is 11.0. The van der Waals surface area contributed by atoms with Crippen LogP contribution < -0.4 is 0 Å². The second-order valence-corrected chi connectivity index (χ2v) is 8.18. The average Bonchev–Trinajstić information content (AvgIpc) is 2.02. The Bertz CT molecular complexity index is 264. The van der Waals surface area contributed by atoms with Crippen LogP contribution in [0.4, 0.5) is 0 Å². The maximum absolute atomic E-state index is 10.5. The third-order valence-corrected chi connectivity index (χ3v) is 3.12. The lowest BCUT2D eigenvalue weighted by Gasteiger charge is -1.91. The topological polar surface area (TPSA) is 116 Å². The molecule has 6 nitrogen and oxygen atoms in total. The molecule has 0 aliphatic heterocycles. The van der Waals surface area contributed by atoms with E-state index in [2.05, 4.69) is 0 Å². The molecule has 0 fully saturated rings. The van der Waals surface area contributed by atoms with Gasteiger partial charge in [-0.15, -0.1) is 0 Å². The molecule has 0 aromatic rings. The molecule has 82 valence electrons. The Morgan fingerprint density at radius 3 is 1.57 bits per heavy atom. The first-order valence-corrected chi connectivity index (χ1v) is 8.16. The lowest BCUT2D eigenvalue weighted by atomic mass is 10.4. The molecule has 14 heavy (non-hydrogen) atoms. The van der Waals surface area contributed by atoms with Gasteiger partial charge < -0.3 is 0 Å². The van der Waals surface area contributed by atoms with Crippen LogP contribution in [0.3, 0.4) is 0 Å². The average molecular weight is 238 g/mol. The van der Waals surface area contributed by atoms with Crippen molar-refractivity contribution >= 4 is 30.8 Å². The third-order valence-electron chi connectivity index (χ3n) is 0.869. The molecule has 0 radical (unpaired) electrons. The van der Waals surface area contributed by atoms with Gasteiger partial charge in [0, 0.05) is 5.75 Å². The highest BCUT2D eigenvalue weighted by Gasteiger charge is 1.97. The van der Waals surface area contributed by atoms with Crippen LogP contribution in [0.5, 0.6) is 0 Å². The van der Waals surface area contributed by atoms with Crippen LogP contribution in [0.15, 0.2) is 0 Å². The molecular formula is C6H14N2O4SSi. The van der Waals surface area contributed by atoms with Crippen molar-refractivity contribution in [3.05, 3.63) is 0 Å². The molecule has 0 rings (SSSR count). The van der Waals surface area contributed by atoms with Gasteiger partial charge in [-0.3, -0.25) is 0 Å². The minimum atomic E-state index is -2.55. The van der Waals surface area contributed by atoms with Crippen molar-refractivity contribution in [3.63, 3.8) is 0 Å². The van der Waals surface area contributed by atoms with Crippen molar-refractivity contribution in [3.8, 4) is 0 Å². The predicted octanol–water partition coefficient (Wildman–Crippen LogP) is -0.716. The summed E-state index contributed by atoms with van der Waals surface area (Å²) in [5, 5.41) is 10.8. The Balaban J connectivity index is -0.000000168. The Morgan fingerprint density at radius 1 is 1.21 bits per heavy atom. The van der Waals surface area contributed by atoms with Gasteiger partial charge in [0.2, 0.25) is 12.2 Å². The zero-order chi connectivity index (χ0) is 12.0. The van der Waals surface area contributed by atoms with Crippen LogP contribution in [-0.2, 0) is 18.9 Å². The molecule has 2 N–H and O–H groups in total. The van der Waals surface area contributed by atoms with E-state index in [4.69, 9.17) is 20.4 Å². The summed E-state index contributed by atoms with van der Waals surface area (Å²) < 4.78 is 20.9. The lowest BCUT2D eigenvalue weighted by Crippen LogP contribution is -2.03. The summed E-state index contributed by atoms with van der Waals surface area (Å²) in [6, 6.07) is 0. The quantitative estimate of drug-likeness (QED) is 0.383. The molecule has 0 unspecified atom stereocenters. The van der Waals surface area contributed by atoms with Gasteiger partial charge in [0.1, 0.15) is 18.7 Å². The predicted molar refractivity (Wildman–Crippen MR) is 55.5 cm³/mol. The first-order chi connectivity index (χ1) is 6.39. The number of carbonyl (C=O) groups excluding carboxylic acids is 2. The number of isocyanates is 2. The van der Waals surface area contributed by atoms with Gasteiger partial charge in [-0.25, -0.2) is 28.8 Å². The van der Waals surface area contributed by atoms with Crippen LogP contribution in [0.1, 0.15) is 19.8 Å². The first kappa shape index (κ1) is 18.7. The second-order valence-electron chi connectivity index (χ2n) is 2.19. The number of hydrogen-bond donors (Lipinski definition) is 2. The molecule has 0 amide bonds. The Hall–Kier alpha value is -1.07. The summed E-state index contributed by atoms with van der Waals surface area (Å²) >= 11 is 0. The molecule has 0 saturated carbocycles. The Labute approximate surface area is 85.7 Å². The summed E-state index contributed by atoms with van der Waals surface area (Å²) in [4.78, 5) is 16.7. The molecule has 0 saturated heterocycles. The molecule has 0 bridgehead atoms. The highest BCUT2D eigenvalue weighted by Crippen LogP contribution is 1.90. The van der Waals surface area contributed by atoms with Crippen LogP contribution in [0.25, 0.3) is 0 Å². The van der Waals surface area contributed by atoms with E-state index in [1.165, 1.54) is 0 Å². The van der Waals surface area contributed by atoms with Gasteiger partial charge in [-0.2, -0.15) is 0 Å². The van der Waals surface area contributed by atoms with E-state index in [1.54, 1.807) is 0 Å². The van der Waals surface area contributed by atoms with Gasteiger partial charge in [-0.1, -0.05) is 13.3 Å². The lowest BCUT2D eigenvalue weighted by molar-refractivity contribution is 0.562. The fourth-order valence-corrected chi connectivity index (χ4v) is 2.09. The van der Waals surface area contributed by atoms with Crippen LogP contribution in [0.2, 0.25) is 0 Å². The number of nitrogens with one attached hydrogen (secondary N) is 2. The van der Waals surface area contributed by atoms with E-state index in [0.717, 1.165) is 25.0 Å². The molecule has 0 spiro atoms. The minimum Gasteiger partial charge on any atom is -0.237 e. The standard InChI is InChI=1S/C4H12O2SSi.2CHNO/c1-2-3-4-7(5,6)8;2*2-1-3/h2-4H2,1,8H3;2*2H. The van der Waals surface area contributed by atoms with E-state index in [9.17, 15) is 8.42 Å². The Kier molecular flexibility index (Phi) is 19.3. The number of hydrogen-bond acceptors (Lipinski definition) is 6. The summed E-state index contributed by atoms with van der Waals surface area (Å²) in [5.41, 5.74) is 0. The molecule has 0 aromatic carbocycles. The highest BCUT2D eigenvalue weighted by molar-refractivity contribution is 8.12. The van der Waals surface area contributed by atoms with Gasteiger partial charge >= 0.3 is 0 Å². The van der Waals surface area contributed by atoms with Crippen LogP contribution in [0, 0.1) is 10.8 Å². The van der Waals surface area contributed by atoms with Crippen molar-refractivity contribution in [2.75, 3.05) is 5.75 Å². The molecule has 0 heterocycles. The van der Waals surface area contributed by atoms with Crippen LogP contribution >= 0.6 is 0 Å². The maximum Gasteiger partial charge on any atom is 0.231 e. The van der Waals surface area contributed by atoms with Crippen molar-refractivity contribution in [1.29, 1.82) is 10.8 Å². The summed E-state index contributed by atoms with van der Waals surface area (Å²) in [6.07, 6.45) is 3.30. The van der Waals surface area contributed by atoms with E-state index in [1.807, 2.05) is 6.92 Å². The van der Waals surface area contributed by atoms with E-state index < -0.39 is 9.29 Å². The largest absolute Gasteiger partial charge is 0.237 e. The van der Waals surface area contributed by atoms with Gasteiger partial charge in [0.05, 0.1) is 0 Å². The molecule has 8 heteroatoms. The van der Waals surface area contributed by atoms with E-state index in [0.29, 0.717) is 15.1 Å². The SMILES string of the molecule is CCCCS(=O)(=O)[SiH3].N=C=O.N=C=O. The summed E-state index contributed by atoms with van der Waals surface area (Å²) in [7, 11) is -2.23. The molecule has 0 aromatic heterocycles. The summed E-state index contributed by atoms with van der Waals surface area (Å²) in [5.74, 6) is 0.399. The molecule has 0 aliphatic rings. The highest BCUT2D eigenvalue weighted by atomic mass is 32.4. The molecule has 0 atom stereocenters. The Morgan fingerprint density at radius 2 is 1.50 bits per heavy atom.